The van der Waals surface area contributed by atoms with Crippen LogP contribution in [0.4, 0.5) is 5.69 Å². The summed E-state index contributed by atoms with van der Waals surface area (Å²) in [5.41, 5.74) is 2.56. The second-order valence-corrected chi connectivity index (χ2v) is 7.51. The fourth-order valence-electron chi connectivity index (χ4n) is 3.09. The molecule has 2 nitrogen and oxygen atoms in total. The Morgan fingerprint density at radius 2 is 1.90 bits per heavy atom. The number of hydrogen-bond donors (Lipinski definition) is 1. The monoisotopic (exact) mass is 308 g/mol. The number of hydrogen-bond acceptors (Lipinski definition) is 2. The van der Waals surface area contributed by atoms with Crippen molar-refractivity contribution in [1.29, 1.82) is 0 Å². The predicted molar refractivity (Wildman–Crippen MR) is 93.3 cm³/mol. The fourth-order valence-corrected chi connectivity index (χ4v) is 3.33. The normalized spacial score (nSPS) is 16.4. The smallest absolute Gasteiger partial charge is 0.0471 e. The Balaban J connectivity index is 2.10. The van der Waals surface area contributed by atoms with Gasteiger partial charge in [-0.05, 0) is 58.2 Å². The number of halogens is 1. The number of anilines is 1. The van der Waals surface area contributed by atoms with Crippen LogP contribution in [0.15, 0.2) is 18.2 Å². The van der Waals surface area contributed by atoms with Crippen molar-refractivity contribution in [1.82, 2.24) is 5.32 Å². The van der Waals surface area contributed by atoms with E-state index in [0.717, 1.165) is 18.1 Å². The Morgan fingerprint density at radius 1 is 1.24 bits per heavy atom. The van der Waals surface area contributed by atoms with E-state index in [-0.39, 0.29) is 5.54 Å². The number of nitrogens with zero attached hydrogens (tertiary/aromatic N) is 1. The molecule has 0 amide bonds. The molecule has 0 radical (unpaired) electrons. The average Bonchev–Trinajstić information content (AvgIpc) is 2.91. The Bertz CT molecular complexity index is 459. The van der Waals surface area contributed by atoms with Crippen LogP contribution in [-0.2, 0) is 6.54 Å². The molecular weight excluding hydrogens is 280 g/mol. The third kappa shape index (κ3) is 4.62. The van der Waals surface area contributed by atoms with Crippen molar-refractivity contribution in [2.75, 3.05) is 11.4 Å². The van der Waals surface area contributed by atoms with E-state index in [9.17, 15) is 0 Å². The summed E-state index contributed by atoms with van der Waals surface area (Å²) in [6, 6.07) is 7.24. The van der Waals surface area contributed by atoms with Crippen LogP contribution in [-0.4, -0.2) is 18.1 Å². The first-order chi connectivity index (χ1) is 9.90. The minimum Gasteiger partial charge on any atom is -0.369 e. The van der Waals surface area contributed by atoms with Gasteiger partial charge in [-0.3, -0.25) is 0 Å². The summed E-state index contributed by atoms with van der Waals surface area (Å²) >= 11 is 6.50. The first-order valence-corrected chi connectivity index (χ1v) is 8.58. The highest BCUT2D eigenvalue weighted by atomic mass is 35.5. The Kier molecular flexibility index (Phi) is 5.56. The van der Waals surface area contributed by atoms with Crippen LogP contribution in [0.25, 0.3) is 0 Å². The molecule has 1 aromatic rings. The zero-order chi connectivity index (χ0) is 15.5. The van der Waals surface area contributed by atoms with E-state index in [0.29, 0.717) is 6.04 Å². The standard InChI is InChI=1S/C18H29ClN2/c1-5-21(15-8-6-7-9-15)16-11-10-14(17(19)12-16)13-20-18(2,3)4/h10-12,15,20H,5-9,13H2,1-4H3. The zero-order valence-corrected chi connectivity index (χ0v) is 14.6. The molecular formula is C18H29ClN2. The van der Waals surface area contributed by atoms with Gasteiger partial charge in [-0.15, -0.1) is 0 Å². The van der Waals surface area contributed by atoms with Gasteiger partial charge in [0, 0.05) is 35.4 Å². The molecule has 1 fully saturated rings. The van der Waals surface area contributed by atoms with Gasteiger partial charge in [0.2, 0.25) is 0 Å². The molecule has 0 atom stereocenters. The second kappa shape index (κ2) is 7.02. The van der Waals surface area contributed by atoms with Gasteiger partial charge in [0.1, 0.15) is 0 Å². The second-order valence-electron chi connectivity index (χ2n) is 7.10. The van der Waals surface area contributed by atoms with Crippen molar-refractivity contribution in [3.63, 3.8) is 0 Å². The van der Waals surface area contributed by atoms with Crippen LogP contribution >= 0.6 is 11.6 Å². The molecule has 1 aliphatic carbocycles. The maximum Gasteiger partial charge on any atom is 0.0471 e. The molecule has 1 saturated carbocycles. The van der Waals surface area contributed by atoms with Crippen LogP contribution in [0, 0.1) is 0 Å². The molecule has 0 aromatic heterocycles. The first-order valence-electron chi connectivity index (χ1n) is 8.21. The lowest BCUT2D eigenvalue weighted by molar-refractivity contribution is 0.424. The van der Waals surface area contributed by atoms with E-state index in [1.54, 1.807) is 0 Å². The van der Waals surface area contributed by atoms with Gasteiger partial charge in [-0.1, -0.05) is 30.5 Å². The van der Waals surface area contributed by atoms with Gasteiger partial charge in [-0.2, -0.15) is 0 Å². The third-order valence-electron chi connectivity index (χ3n) is 4.28. The van der Waals surface area contributed by atoms with Crippen LogP contribution in [0.3, 0.4) is 0 Å². The van der Waals surface area contributed by atoms with E-state index >= 15 is 0 Å². The van der Waals surface area contributed by atoms with Gasteiger partial charge in [0.15, 0.2) is 0 Å². The lowest BCUT2D eigenvalue weighted by Gasteiger charge is -2.30. The average molecular weight is 309 g/mol. The fraction of sp³-hybridized carbons (Fsp3) is 0.667. The summed E-state index contributed by atoms with van der Waals surface area (Å²) in [7, 11) is 0. The molecule has 1 N–H and O–H groups in total. The summed E-state index contributed by atoms with van der Waals surface area (Å²) < 4.78 is 0. The largest absolute Gasteiger partial charge is 0.369 e. The summed E-state index contributed by atoms with van der Waals surface area (Å²) in [5.74, 6) is 0. The highest BCUT2D eigenvalue weighted by Gasteiger charge is 2.22. The van der Waals surface area contributed by atoms with Gasteiger partial charge >= 0.3 is 0 Å². The quantitative estimate of drug-likeness (QED) is 0.823. The maximum absolute atomic E-state index is 6.50. The van der Waals surface area contributed by atoms with Crippen molar-refractivity contribution in [3.8, 4) is 0 Å². The summed E-state index contributed by atoms with van der Waals surface area (Å²) in [6.07, 6.45) is 5.36. The lowest BCUT2D eigenvalue weighted by Crippen LogP contribution is -2.35. The molecule has 21 heavy (non-hydrogen) atoms. The Labute approximate surface area is 134 Å². The van der Waals surface area contributed by atoms with E-state index in [1.807, 2.05) is 0 Å². The molecule has 0 saturated heterocycles. The topological polar surface area (TPSA) is 15.3 Å². The van der Waals surface area contributed by atoms with Gasteiger partial charge in [-0.25, -0.2) is 0 Å². The maximum atomic E-state index is 6.50. The van der Waals surface area contributed by atoms with E-state index in [2.05, 4.69) is 56.1 Å². The summed E-state index contributed by atoms with van der Waals surface area (Å²) in [6.45, 7) is 10.6. The Morgan fingerprint density at radius 3 is 2.43 bits per heavy atom. The minimum absolute atomic E-state index is 0.112. The molecule has 1 aromatic carbocycles. The molecule has 0 aliphatic heterocycles. The highest BCUT2D eigenvalue weighted by Crippen LogP contribution is 2.30. The number of rotatable bonds is 5. The molecule has 2 rings (SSSR count). The lowest BCUT2D eigenvalue weighted by atomic mass is 10.1. The Hall–Kier alpha value is -0.730. The highest BCUT2D eigenvalue weighted by molar-refractivity contribution is 6.31. The molecule has 0 heterocycles. The van der Waals surface area contributed by atoms with Crippen LogP contribution < -0.4 is 10.2 Å². The van der Waals surface area contributed by atoms with Gasteiger partial charge in [0.05, 0.1) is 0 Å². The van der Waals surface area contributed by atoms with E-state index in [1.165, 1.54) is 36.9 Å². The van der Waals surface area contributed by atoms with Crippen LogP contribution in [0.5, 0.6) is 0 Å². The SMILES string of the molecule is CCN(c1ccc(CNC(C)(C)C)c(Cl)c1)C1CCCC1. The van der Waals surface area contributed by atoms with Crippen LogP contribution in [0.1, 0.15) is 58.9 Å². The van der Waals surface area contributed by atoms with Crippen molar-refractivity contribution < 1.29 is 0 Å². The van der Waals surface area contributed by atoms with Crippen molar-refractivity contribution in [2.24, 2.45) is 0 Å². The molecule has 0 unspecified atom stereocenters. The van der Waals surface area contributed by atoms with E-state index < -0.39 is 0 Å². The zero-order valence-electron chi connectivity index (χ0n) is 13.9. The van der Waals surface area contributed by atoms with Gasteiger partial charge in [0.25, 0.3) is 0 Å². The number of nitrogens with one attached hydrogen (secondary N) is 1. The van der Waals surface area contributed by atoms with Crippen LogP contribution in [0.2, 0.25) is 5.02 Å². The van der Waals surface area contributed by atoms with E-state index in [4.69, 9.17) is 11.6 Å². The molecule has 3 heteroatoms. The number of benzene rings is 1. The molecule has 1 aliphatic rings. The summed E-state index contributed by atoms with van der Waals surface area (Å²) in [4.78, 5) is 2.51. The third-order valence-corrected chi connectivity index (χ3v) is 4.64. The van der Waals surface area contributed by atoms with Crippen molar-refractivity contribution in [3.05, 3.63) is 28.8 Å². The van der Waals surface area contributed by atoms with Crippen molar-refractivity contribution in [2.45, 2.75) is 71.5 Å². The molecule has 118 valence electrons. The minimum atomic E-state index is 0.112. The van der Waals surface area contributed by atoms with Crippen molar-refractivity contribution >= 4 is 17.3 Å². The molecule has 0 spiro atoms. The van der Waals surface area contributed by atoms with Gasteiger partial charge < -0.3 is 10.2 Å². The molecule has 0 bridgehead atoms. The first kappa shape index (κ1) is 16.6. The summed E-state index contributed by atoms with van der Waals surface area (Å²) in [5, 5.41) is 4.37. The predicted octanol–water partition coefficient (Wildman–Crippen LogP) is 5.00.